The molecule has 0 unspecified atom stereocenters. The second kappa shape index (κ2) is 3.46. The second-order valence-electron chi connectivity index (χ2n) is 3.59. The molecule has 0 fully saturated rings. The van der Waals surface area contributed by atoms with Gasteiger partial charge in [-0.25, -0.2) is 4.98 Å². The third-order valence-electron chi connectivity index (χ3n) is 2.63. The fraction of sp³-hybridized carbons (Fsp3) is 0.182. The van der Waals surface area contributed by atoms with Crippen molar-refractivity contribution >= 4 is 32.2 Å². The van der Waals surface area contributed by atoms with Crippen molar-refractivity contribution in [2.75, 3.05) is 0 Å². The Hall–Kier alpha value is -1.07. The molecule has 0 amide bonds. The van der Waals surface area contributed by atoms with Crippen molar-refractivity contribution in [1.82, 2.24) is 9.38 Å². The third-order valence-corrected chi connectivity index (χ3v) is 4.42. The zero-order valence-electron chi connectivity index (χ0n) is 8.82. The first-order valence-electron chi connectivity index (χ1n) is 4.86. The molecular formula is C11H9BrN2OS. The van der Waals surface area contributed by atoms with Crippen molar-refractivity contribution in [1.29, 1.82) is 0 Å². The van der Waals surface area contributed by atoms with Crippen LogP contribution in [0.4, 0.5) is 0 Å². The molecule has 16 heavy (non-hydrogen) atoms. The van der Waals surface area contributed by atoms with E-state index < -0.39 is 0 Å². The molecule has 3 aromatic heterocycles. The predicted octanol–water partition coefficient (Wildman–Crippen LogP) is 4.04. The molecule has 0 aromatic carbocycles. The molecule has 0 atom stereocenters. The summed E-state index contributed by atoms with van der Waals surface area (Å²) in [5, 5.41) is 0. The molecule has 0 aliphatic carbocycles. The van der Waals surface area contributed by atoms with Gasteiger partial charge in [-0.1, -0.05) is 0 Å². The molecule has 0 N–H and O–H groups in total. The zero-order valence-corrected chi connectivity index (χ0v) is 11.2. The minimum atomic E-state index is 0.792. The van der Waals surface area contributed by atoms with Crippen molar-refractivity contribution in [3.8, 4) is 11.5 Å². The summed E-state index contributed by atoms with van der Waals surface area (Å²) in [4.78, 5) is 6.86. The van der Waals surface area contributed by atoms with E-state index in [0.29, 0.717) is 0 Å². The highest BCUT2D eigenvalue weighted by atomic mass is 79.9. The number of rotatable bonds is 1. The monoisotopic (exact) mass is 296 g/mol. The lowest BCUT2D eigenvalue weighted by Gasteiger charge is -1.95. The highest BCUT2D eigenvalue weighted by molar-refractivity contribution is 9.10. The number of fused-ring (bicyclic) bond motifs is 1. The van der Waals surface area contributed by atoms with E-state index in [-0.39, 0.29) is 0 Å². The summed E-state index contributed by atoms with van der Waals surface area (Å²) >= 11 is 5.28. The first-order chi connectivity index (χ1) is 7.68. The molecule has 5 heteroatoms. The third kappa shape index (κ3) is 1.28. The number of halogens is 1. The van der Waals surface area contributed by atoms with Crippen molar-refractivity contribution < 1.29 is 4.42 Å². The lowest BCUT2D eigenvalue weighted by molar-refractivity contribution is 0.580. The van der Waals surface area contributed by atoms with E-state index in [2.05, 4.69) is 39.2 Å². The van der Waals surface area contributed by atoms with Crippen LogP contribution in [0.15, 0.2) is 27.4 Å². The lowest BCUT2D eigenvalue weighted by Crippen LogP contribution is -1.85. The van der Waals surface area contributed by atoms with Crippen LogP contribution in [0.3, 0.4) is 0 Å². The van der Waals surface area contributed by atoms with E-state index in [0.717, 1.165) is 21.0 Å². The number of nitrogens with zero attached hydrogens (tertiary/aromatic N) is 2. The molecule has 3 rings (SSSR count). The average Bonchev–Trinajstić information content (AvgIpc) is 2.90. The smallest absolute Gasteiger partial charge is 0.195 e. The molecule has 0 aliphatic heterocycles. The maximum absolute atomic E-state index is 5.37. The van der Waals surface area contributed by atoms with Gasteiger partial charge in [0.05, 0.1) is 6.26 Å². The Labute approximate surface area is 105 Å². The Morgan fingerprint density at radius 3 is 2.88 bits per heavy atom. The summed E-state index contributed by atoms with van der Waals surface area (Å²) in [6.45, 7) is 4.20. The van der Waals surface area contributed by atoms with Gasteiger partial charge in [-0.2, -0.15) is 0 Å². The summed E-state index contributed by atoms with van der Waals surface area (Å²) in [5.41, 5.74) is 2.08. The molecule has 0 saturated heterocycles. The van der Waals surface area contributed by atoms with Crippen LogP contribution in [0.2, 0.25) is 0 Å². The Balaban J connectivity index is 2.33. The van der Waals surface area contributed by atoms with E-state index in [1.807, 2.05) is 12.1 Å². The molecule has 0 aliphatic rings. The molecule has 0 spiro atoms. The topological polar surface area (TPSA) is 30.4 Å². The summed E-state index contributed by atoms with van der Waals surface area (Å²) in [6.07, 6.45) is 1.66. The number of hydrogen-bond acceptors (Lipinski definition) is 3. The molecule has 0 radical (unpaired) electrons. The van der Waals surface area contributed by atoms with E-state index >= 15 is 0 Å². The maximum atomic E-state index is 5.37. The van der Waals surface area contributed by atoms with Crippen LogP contribution in [0.1, 0.15) is 10.6 Å². The van der Waals surface area contributed by atoms with Crippen LogP contribution in [0.25, 0.3) is 16.4 Å². The highest BCUT2D eigenvalue weighted by Gasteiger charge is 2.17. The first kappa shape index (κ1) is 10.1. The van der Waals surface area contributed by atoms with Crippen molar-refractivity contribution in [3.63, 3.8) is 0 Å². The van der Waals surface area contributed by atoms with Crippen LogP contribution in [-0.4, -0.2) is 9.38 Å². The number of imidazole rings is 1. The van der Waals surface area contributed by atoms with Gasteiger partial charge in [-0.3, -0.25) is 4.40 Å². The van der Waals surface area contributed by atoms with Gasteiger partial charge in [0.15, 0.2) is 10.7 Å². The molecule has 82 valence electrons. The summed E-state index contributed by atoms with van der Waals surface area (Å²) in [5.74, 6) is 0.792. The van der Waals surface area contributed by atoms with Crippen LogP contribution in [-0.2, 0) is 0 Å². The van der Waals surface area contributed by atoms with E-state index in [4.69, 9.17) is 4.42 Å². The van der Waals surface area contributed by atoms with Gasteiger partial charge in [0.2, 0.25) is 0 Å². The van der Waals surface area contributed by atoms with Gasteiger partial charge in [0, 0.05) is 10.6 Å². The largest absolute Gasteiger partial charge is 0.463 e. The molecular weight excluding hydrogens is 288 g/mol. The molecule has 3 aromatic rings. The van der Waals surface area contributed by atoms with Gasteiger partial charge in [0.25, 0.3) is 0 Å². The fourth-order valence-corrected chi connectivity index (χ4v) is 3.48. The SMILES string of the molecule is Cc1sc2nc(-c3ccco3)c(Br)n2c1C. The average molecular weight is 297 g/mol. The quantitative estimate of drug-likeness (QED) is 0.678. The standard InChI is InChI=1S/C11H9BrN2OS/c1-6-7(2)16-11-13-9(10(12)14(6)11)8-4-3-5-15-8/h3-5H,1-2H3. The van der Waals surface area contributed by atoms with E-state index in [1.54, 1.807) is 17.6 Å². The Bertz CT molecular complexity index is 651. The van der Waals surface area contributed by atoms with Crippen LogP contribution in [0.5, 0.6) is 0 Å². The zero-order chi connectivity index (χ0) is 11.3. The number of aryl methyl sites for hydroxylation is 2. The number of thiazole rings is 1. The van der Waals surface area contributed by atoms with Gasteiger partial charge < -0.3 is 4.42 Å². The summed E-state index contributed by atoms with van der Waals surface area (Å²) in [7, 11) is 0. The molecule has 3 heterocycles. The lowest BCUT2D eigenvalue weighted by atomic mass is 10.3. The van der Waals surface area contributed by atoms with Crippen LogP contribution >= 0.6 is 27.3 Å². The number of aromatic nitrogens is 2. The maximum Gasteiger partial charge on any atom is 0.195 e. The van der Waals surface area contributed by atoms with Gasteiger partial charge in [0.1, 0.15) is 10.3 Å². The number of hydrogen-bond donors (Lipinski definition) is 0. The minimum Gasteiger partial charge on any atom is -0.463 e. The molecule has 3 nitrogen and oxygen atoms in total. The van der Waals surface area contributed by atoms with Gasteiger partial charge in [-0.05, 0) is 41.9 Å². The van der Waals surface area contributed by atoms with Crippen molar-refractivity contribution in [2.24, 2.45) is 0 Å². The van der Waals surface area contributed by atoms with Crippen LogP contribution < -0.4 is 0 Å². The summed E-state index contributed by atoms with van der Waals surface area (Å²) < 4.78 is 8.43. The summed E-state index contributed by atoms with van der Waals surface area (Å²) in [6, 6.07) is 3.78. The fourth-order valence-electron chi connectivity index (χ4n) is 1.68. The van der Waals surface area contributed by atoms with Crippen molar-refractivity contribution in [3.05, 3.63) is 33.6 Å². The second-order valence-corrected chi connectivity index (χ2v) is 5.52. The number of furan rings is 1. The van der Waals surface area contributed by atoms with E-state index in [9.17, 15) is 0 Å². The molecule has 0 bridgehead atoms. The highest BCUT2D eigenvalue weighted by Crippen LogP contribution is 2.33. The molecule has 0 saturated carbocycles. The predicted molar refractivity (Wildman–Crippen MR) is 67.9 cm³/mol. The van der Waals surface area contributed by atoms with Gasteiger partial charge in [-0.15, -0.1) is 11.3 Å². The van der Waals surface area contributed by atoms with Gasteiger partial charge >= 0.3 is 0 Å². The normalized spacial score (nSPS) is 11.4. The Morgan fingerprint density at radius 2 is 2.25 bits per heavy atom. The van der Waals surface area contributed by atoms with E-state index in [1.165, 1.54) is 10.6 Å². The van der Waals surface area contributed by atoms with Crippen LogP contribution in [0, 0.1) is 13.8 Å². The first-order valence-corrected chi connectivity index (χ1v) is 6.47. The minimum absolute atomic E-state index is 0.792. The Morgan fingerprint density at radius 1 is 1.44 bits per heavy atom. The van der Waals surface area contributed by atoms with Crippen molar-refractivity contribution in [2.45, 2.75) is 13.8 Å². The Kier molecular flexibility index (Phi) is 2.19.